The molecular formula is C17H29NO2S. The van der Waals surface area contributed by atoms with E-state index in [1.54, 1.807) is 0 Å². The molecule has 4 heteroatoms. The first kappa shape index (κ1) is 18.2. The van der Waals surface area contributed by atoms with Crippen molar-refractivity contribution in [3.8, 4) is 0 Å². The summed E-state index contributed by atoms with van der Waals surface area (Å²) < 4.78 is 23.6. The molecular weight excluding hydrogens is 282 g/mol. The molecule has 21 heavy (non-hydrogen) atoms. The molecule has 0 saturated heterocycles. The van der Waals surface area contributed by atoms with E-state index in [4.69, 9.17) is 0 Å². The van der Waals surface area contributed by atoms with Crippen LogP contribution in [0.5, 0.6) is 0 Å². The number of hydrogen-bond acceptors (Lipinski definition) is 3. The number of hydrogen-bond donors (Lipinski definition) is 1. The second kappa shape index (κ2) is 7.41. The summed E-state index contributed by atoms with van der Waals surface area (Å²) >= 11 is 0. The van der Waals surface area contributed by atoms with E-state index >= 15 is 0 Å². The molecule has 0 fully saturated rings. The molecule has 0 aliphatic heterocycles. The topological polar surface area (TPSA) is 46.2 Å². The van der Waals surface area contributed by atoms with E-state index in [-0.39, 0.29) is 6.04 Å². The van der Waals surface area contributed by atoms with E-state index in [2.05, 4.69) is 31.3 Å². The Balaban J connectivity index is 3.22. The molecule has 0 aromatic heterocycles. The van der Waals surface area contributed by atoms with Crippen molar-refractivity contribution in [2.75, 3.05) is 12.8 Å². The van der Waals surface area contributed by atoms with Crippen LogP contribution in [0.25, 0.3) is 0 Å². The van der Waals surface area contributed by atoms with Crippen LogP contribution in [0.15, 0.2) is 24.3 Å². The van der Waals surface area contributed by atoms with Crippen molar-refractivity contribution in [3.05, 3.63) is 35.4 Å². The normalized spacial score (nSPS) is 14.1. The van der Waals surface area contributed by atoms with Gasteiger partial charge in [0.05, 0.1) is 10.8 Å². The van der Waals surface area contributed by atoms with Crippen molar-refractivity contribution < 1.29 is 8.42 Å². The molecule has 0 saturated carbocycles. The molecule has 0 bridgehead atoms. The zero-order chi connectivity index (χ0) is 16.1. The van der Waals surface area contributed by atoms with Crippen LogP contribution in [0.4, 0.5) is 0 Å². The van der Waals surface area contributed by atoms with Crippen LogP contribution in [0.3, 0.4) is 0 Å². The third kappa shape index (κ3) is 4.55. The van der Waals surface area contributed by atoms with Crippen LogP contribution < -0.4 is 5.32 Å². The van der Waals surface area contributed by atoms with E-state index in [9.17, 15) is 8.42 Å². The molecule has 3 nitrogen and oxygen atoms in total. The maximum atomic E-state index is 12.2. The van der Waals surface area contributed by atoms with Crippen molar-refractivity contribution in [2.45, 2.75) is 57.7 Å². The Kier molecular flexibility index (Phi) is 6.41. The molecule has 0 aliphatic rings. The van der Waals surface area contributed by atoms with E-state index in [0.29, 0.717) is 0 Å². The first-order valence-electron chi connectivity index (χ1n) is 7.75. The molecule has 0 spiro atoms. The minimum atomic E-state index is -3.17. The highest BCUT2D eigenvalue weighted by Gasteiger charge is 2.39. The van der Waals surface area contributed by atoms with Gasteiger partial charge >= 0.3 is 0 Å². The maximum absolute atomic E-state index is 12.2. The molecule has 1 N–H and O–H groups in total. The van der Waals surface area contributed by atoms with Gasteiger partial charge < -0.3 is 5.32 Å². The van der Waals surface area contributed by atoms with Gasteiger partial charge in [0, 0.05) is 6.26 Å². The monoisotopic (exact) mass is 311 g/mol. The van der Waals surface area contributed by atoms with Crippen LogP contribution in [0.1, 0.15) is 57.7 Å². The van der Waals surface area contributed by atoms with E-state index in [0.717, 1.165) is 31.4 Å². The third-order valence-electron chi connectivity index (χ3n) is 4.07. The average molecular weight is 311 g/mol. The fourth-order valence-corrected chi connectivity index (χ4v) is 3.13. The second-order valence-corrected chi connectivity index (χ2v) is 8.85. The maximum Gasteiger partial charge on any atom is 0.154 e. The minimum absolute atomic E-state index is 0.191. The third-order valence-corrected chi connectivity index (χ3v) is 6.22. The molecule has 0 heterocycles. The first-order chi connectivity index (χ1) is 9.74. The summed E-state index contributed by atoms with van der Waals surface area (Å²) in [6.07, 6.45) is 4.41. The van der Waals surface area contributed by atoms with Gasteiger partial charge in [0.25, 0.3) is 0 Å². The Labute approximate surface area is 130 Å². The summed E-state index contributed by atoms with van der Waals surface area (Å²) in [5.41, 5.74) is 2.33. The first-order valence-corrected chi connectivity index (χ1v) is 9.65. The molecule has 1 unspecified atom stereocenters. The highest BCUT2D eigenvalue weighted by atomic mass is 32.2. The molecule has 1 aromatic carbocycles. The zero-order valence-electron chi connectivity index (χ0n) is 13.9. The van der Waals surface area contributed by atoms with Crippen molar-refractivity contribution in [1.82, 2.24) is 5.32 Å². The van der Waals surface area contributed by atoms with Crippen molar-refractivity contribution >= 4 is 9.84 Å². The Morgan fingerprint density at radius 2 is 1.86 bits per heavy atom. The van der Waals surface area contributed by atoms with Crippen LogP contribution in [0.2, 0.25) is 0 Å². The Bertz CT molecular complexity index is 550. The lowest BCUT2D eigenvalue weighted by molar-refractivity contribution is 0.420. The van der Waals surface area contributed by atoms with Gasteiger partial charge in [-0.1, -0.05) is 44.5 Å². The van der Waals surface area contributed by atoms with Crippen LogP contribution in [-0.4, -0.2) is 26.0 Å². The summed E-state index contributed by atoms with van der Waals surface area (Å²) in [4.78, 5) is 0. The van der Waals surface area contributed by atoms with Crippen molar-refractivity contribution in [2.24, 2.45) is 0 Å². The molecule has 1 rings (SSSR count). The average Bonchev–Trinajstić information content (AvgIpc) is 2.38. The number of aryl methyl sites for hydroxylation is 1. The van der Waals surface area contributed by atoms with Gasteiger partial charge in [0.2, 0.25) is 0 Å². The van der Waals surface area contributed by atoms with E-state index < -0.39 is 14.6 Å². The van der Waals surface area contributed by atoms with Crippen molar-refractivity contribution in [1.29, 1.82) is 0 Å². The zero-order valence-corrected chi connectivity index (χ0v) is 14.8. The fourth-order valence-electron chi connectivity index (χ4n) is 2.48. The largest absolute Gasteiger partial charge is 0.309 e. The Morgan fingerprint density at radius 3 is 2.38 bits per heavy atom. The number of sulfone groups is 1. The molecule has 0 aliphatic carbocycles. The summed E-state index contributed by atoms with van der Waals surface area (Å²) in [7, 11) is -3.17. The lowest BCUT2D eigenvalue weighted by atomic mass is 9.93. The summed E-state index contributed by atoms with van der Waals surface area (Å²) in [6.45, 7) is 8.66. The predicted molar refractivity (Wildman–Crippen MR) is 90.4 cm³/mol. The van der Waals surface area contributed by atoms with Crippen LogP contribution in [-0.2, 0) is 16.3 Å². The van der Waals surface area contributed by atoms with Gasteiger partial charge in [-0.25, -0.2) is 8.42 Å². The SMILES string of the molecule is CCCNC(c1cccc(CCC)c1)C(C)(C)S(C)(=O)=O. The highest BCUT2D eigenvalue weighted by molar-refractivity contribution is 7.92. The lowest BCUT2D eigenvalue weighted by Crippen LogP contribution is -2.45. The standard InChI is InChI=1S/C17H29NO2S/c1-6-9-14-10-8-11-15(13-14)16(18-12-7-2)17(3,4)21(5,19)20/h8,10-11,13,16,18H,6-7,9,12H2,1-5H3. The predicted octanol–water partition coefficient (Wildman–Crippen LogP) is 3.50. The van der Waals surface area contributed by atoms with Gasteiger partial charge in [0.1, 0.15) is 0 Å². The summed E-state index contributed by atoms with van der Waals surface area (Å²) in [5.74, 6) is 0. The number of nitrogens with one attached hydrogen (secondary N) is 1. The molecule has 0 amide bonds. The fraction of sp³-hybridized carbons (Fsp3) is 0.647. The van der Waals surface area contributed by atoms with E-state index in [1.165, 1.54) is 11.8 Å². The Morgan fingerprint density at radius 1 is 1.19 bits per heavy atom. The van der Waals surface area contributed by atoms with E-state index in [1.807, 2.05) is 26.0 Å². The van der Waals surface area contributed by atoms with Crippen molar-refractivity contribution in [3.63, 3.8) is 0 Å². The molecule has 1 aromatic rings. The minimum Gasteiger partial charge on any atom is -0.309 e. The quantitative estimate of drug-likeness (QED) is 0.799. The number of rotatable bonds is 8. The van der Waals surface area contributed by atoms with Gasteiger partial charge in [-0.3, -0.25) is 0 Å². The van der Waals surface area contributed by atoms with Gasteiger partial charge in [0.15, 0.2) is 9.84 Å². The molecule has 0 radical (unpaired) electrons. The molecule has 120 valence electrons. The smallest absolute Gasteiger partial charge is 0.154 e. The van der Waals surface area contributed by atoms with Crippen LogP contribution in [0, 0.1) is 0 Å². The summed E-state index contributed by atoms with van der Waals surface area (Å²) in [5, 5.41) is 3.42. The Hall–Kier alpha value is -0.870. The molecule has 1 atom stereocenters. The van der Waals surface area contributed by atoms with Gasteiger partial charge in [-0.2, -0.15) is 0 Å². The lowest BCUT2D eigenvalue weighted by Gasteiger charge is -2.34. The second-order valence-electron chi connectivity index (χ2n) is 6.26. The van der Waals surface area contributed by atoms with Gasteiger partial charge in [-0.15, -0.1) is 0 Å². The summed E-state index contributed by atoms with van der Waals surface area (Å²) in [6, 6.07) is 8.11. The van der Waals surface area contributed by atoms with Crippen LogP contribution >= 0.6 is 0 Å². The number of benzene rings is 1. The highest BCUT2D eigenvalue weighted by Crippen LogP contribution is 2.32. The van der Waals surface area contributed by atoms with Gasteiger partial charge in [-0.05, 0) is 44.4 Å².